The number of methoxy groups -OCH3 is 2. The van der Waals surface area contributed by atoms with Crippen molar-refractivity contribution in [1.29, 1.82) is 0 Å². The largest absolute Gasteiger partial charge is 0.495 e. The van der Waals surface area contributed by atoms with Gasteiger partial charge in [0.15, 0.2) is 0 Å². The molecule has 0 saturated heterocycles. The molecule has 23 heavy (non-hydrogen) atoms. The maximum absolute atomic E-state index is 12.7. The SMILES string of the molecule is COc1cc(C(=O)N(C)Cc2ccc(Br)cc2)cc(OC)c1Br. The first-order valence-corrected chi connectivity index (χ1v) is 8.46. The van der Waals surface area contributed by atoms with Crippen LogP contribution in [0.25, 0.3) is 0 Å². The van der Waals surface area contributed by atoms with Crippen molar-refractivity contribution in [3.05, 3.63) is 56.5 Å². The number of carbonyl (C=O) groups excluding carboxylic acids is 1. The molecule has 0 fully saturated rings. The van der Waals surface area contributed by atoms with Gasteiger partial charge in [-0.05, 0) is 45.8 Å². The highest BCUT2D eigenvalue weighted by Gasteiger charge is 2.17. The first-order chi connectivity index (χ1) is 11.0. The summed E-state index contributed by atoms with van der Waals surface area (Å²) < 4.78 is 12.3. The molecule has 0 N–H and O–H groups in total. The molecule has 0 atom stereocenters. The molecule has 6 heteroatoms. The molecule has 0 spiro atoms. The van der Waals surface area contributed by atoms with Gasteiger partial charge in [0, 0.05) is 23.6 Å². The van der Waals surface area contributed by atoms with Crippen molar-refractivity contribution in [3.8, 4) is 11.5 Å². The second-order valence-corrected chi connectivity index (χ2v) is 6.69. The third-order valence-corrected chi connectivity index (χ3v) is 4.68. The number of hydrogen-bond donors (Lipinski definition) is 0. The molecule has 0 aliphatic rings. The van der Waals surface area contributed by atoms with Crippen LogP contribution < -0.4 is 9.47 Å². The third-order valence-electron chi connectivity index (χ3n) is 3.37. The molecule has 0 radical (unpaired) electrons. The molecule has 122 valence electrons. The van der Waals surface area contributed by atoms with Gasteiger partial charge >= 0.3 is 0 Å². The fourth-order valence-corrected chi connectivity index (χ4v) is 2.97. The van der Waals surface area contributed by atoms with Crippen molar-refractivity contribution in [2.75, 3.05) is 21.3 Å². The maximum atomic E-state index is 12.7. The second-order valence-electron chi connectivity index (χ2n) is 4.98. The van der Waals surface area contributed by atoms with Gasteiger partial charge in [-0.15, -0.1) is 0 Å². The monoisotopic (exact) mass is 441 g/mol. The molecule has 0 saturated carbocycles. The lowest BCUT2D eigenvalue weighted by molar-refractivity contribution is 0.0784. The van der Waals surface area contributed by atoms with E-state index in [9.17, 15) is 4.79 Å². The number of rotatable bonds is 5. The number of amides is 1. The fraction of sp³-hybridized carbons (Fsp3) is 0.235. The normalized spacial score (nSPS) is 10.3. The zero-order valence-electron chi connectivity index (χ0n) is 13.1. The summed E-state index contributed by atoms with van der Waals surface area (Å²) in [5, 5.41) is 0. The van der Waals surface area contributed by atoms with Gasteiger partial charge in [0.05, 0.1) is 14.2 Å². The number of hydrogen-bond acceptors (Lipinski definition) is 3. The van der Waals surface area contributed by atoms with E-state index in [0.29, 0.717) is 28.1 Å². The minimum Gasteiger partial charge on any atom is -0.495 e. The molecule has 0 bridgehead atoms. The van der Waals surface area contributed by atoms with Crippen LogP contribution in [0.3, 0.4) is 0 Å². The van der Waals surface area contributed by atoms with Crippen LogP contribution in [-0.4, -0.2) is 32.1 Å². The average molecular weight is 443 g/mol. The Bertz CT molecular complexity index is 676. The summed E-state index contributed by atoms with van der Waals surface area (Å²) in [4.78, 5) is 14.3. The van der Waals surface area contributed by atoms with Crippen molar-refractivity contribution in [2.45, 2.75) is 6.54 Å². The predicted molar refractivity (Wildman–Crippen MR) is 97.2 cm³/mol. The van der Waals surface area contributed by atoms with Gasteiger partial charge < -0.3 is 14.4 Å². The lowest BCUT2D eigenvalue weighted by Gasteiger charge is -2.19. The molecule has 1 amide bonds. The Balaban J connectivity index is 2.23. The Morgan fingerprint density at radius 3 is 2.04 bits per heavy atom. The molecule has 2 aromatic carbocycles. The number of benzene rings is 2. The van der Waals surface area contributed by atoms with Crippen molar-refractivity contribution in [1.82, 2.24) is 4.90 Å². The number of halogens is 2. The summed E-state index contributed by atoms with van der Waals surface area (Å²) in [6, 6.07) is 11.3. The molecular formula is C17H17Br2NO3. The summed E-state index contributed by atoms with van der Waals surface area (Å²) in [6.45, 7) is 0.521. The zero-order valence-corrected chi connectivity index (χ0v) is 16.3. The van der Waals surface area contributed by atoms with Gasteiger partial charge in [-0.2, -0.15) is 0 Å². The van der Waals surface area contributed by atoms with Crippen molar-refractivity contribution < 1.29 is 14.3 Å². The standard InChI is InChI=1S/C17H17Br2NO3/c1-20(10-11-4-6-13(18)7-5-11)17(21)12-8-14(22-2)16(19)15(9-12)23-3/h4-9H,10H2,1-3H3. The maximum Gasteiger partial charge on any atom is 0.254 e. The molecule has 0 unspecified atom stereocenters. The van der Waals surface area contributed by atoms with E-state index in [4.69, 9.17) is 9.47 Å². The van der Waals surface area contributed by atoms with E-state index < -0.39 is 0 Å². The molecule has 0 aromatic heterocycles. The Labute approximate surface area is 152 Å². The number of ether oxygens (including phenoxy) is 2. The van der Waals surface area contributed by atoms with E-state index in [-0.39, 0.29) is 5.91 Å². The van der Waals surface area contributed by atoms with Gasteiger partial charge in [-0.3, -0.25) is 4.79 Å². The van der Waals surface area contributed by atoms with E-state index in [0.717, 1.165) is 10.0 Å². The van der Waals surface area contributed by atoms with Crippen molar-refractivity contribution >= 4 is 37.8 Å². The minimum atomic E-state index is -0.1000. The van der Waals surface area contributed by atoms with Crippen LogP contribution in [0.15, 0.2) is 45.3 Å². The summed E-state index contributed by atoms with van der Waals surface area (Å²) in [7, 11) is 4.88. The zero-order chi connectivity index (χ0) is 17.0. The van der Waals surface area contributed by atoms with Gasteiger partial charge in [-0.1, -0.05) is 28.1 Å². The van der Waals surface area contributed by atoms with Crippen molar-refractivity contribution in [3.63, 3.8) is 0 Å². The quantitative estimate of drug-likeness (QED) is 0.684. The van der Waals surface area contributed by atoms with E-state index >= 15 is 0 Å². The lowest BCUT2D eigenvalue weighted by atomic mass is 10.1. The molecular weight excluding hydrogens is 426 g/mol. The highest BCUT2D eigenvalue weighted by molar-refractivity contribution is 9.11. The van der Waals surface area contributed by atoms with Crippen molar-refractivity contribution in [2.24, 2.45) is 0 Å². The Kier molecular flexibility index (Phi) is 6.07. The van der Waals surface area contributed by atoms with E-state index in [1.807, 2.05) is 24.3 Å². The van der Waals surface area contributed by atoms with Crippen LogP contribution in [0.4, 0.5) is 0 Å². The van der Waals surface area contributed by atoms with Gasteiger partial charge in [-0.25, -0.2) is 0 Å². The van der Waals surface area contributed by atoms with E-state index in [2.05, 4.69) is 31.9 Å². The van der Waals surface area contributed by atoms with Gasteiger partial charge in [0.25, 0.3) is 5.91 Å². The summed E-state index contributed by atoms with van der Waals surface area (Å²) in [5.74, 6) is 1.02. The molecule has 0 heterocycles. The lowest BCUT2D eigenvalue weighted by Crippen LogP contribution is -2.26. The third kappa shape index (κ3) is 4.26. The van der Waals surface area contributed by atoms with E-state index in [1.54, 1.807) is 38.3 Å². The smallest absolute Gasteiger partial charge is 0.254 e. The minimum absolute atomic E-state index is 0.1000. The number of carbonyl (C=O) groups is 1. The first-order valence-electron chi connectivity index (χ1n) is 6.87. The summed E-state index contributed by atoms with van der Waals surface area (Å²) >= 11 is 6.81. The van der Waals surface area contributed by atoms with Gasteiger partial charge in [0.1, 0.15) is 16.0 Å². The first kappa shape index (κ1) is 17.8. The highest BCUT2D eigenvalue weighted by atomic mass is 79.9. The van der Waals surface area contributed by atoms with Gasteiger partial charge in [0.2, 0.25) is 0 Å². The van der Waals surface area contributed by atoms with Crippen LogP contribution in [0.5, 0.6) is 11.5 Å². The summed E-state index contributed by atoms with van der Waals surface area (Å²) in [5.41, 5.74) is 1.57. The average Bonchev–Trinajstić information content (AvgIpc) is 2.56. The van der Waals surface area contributed by atoms with Crippen LogP contribution >= 0.6 is 31.9 Å². The fourth-order valence-electron chi connectivity index (χ4n) is 2.15. The topological polar surface area (TPSA) is 38.8 Å². The number of nitrogens with zero attached hydrogens (tertiary/aromatic N) is 1. The molecule has 0 aliphatic heterocycles. The molecule has 2 aromatic rings. The summed E-state index contributed by atoms with van der Waals surface area (Å²) in [6.07, 6.45) is 0. The Morgan fingerprint density at radius 2 is 1.57 bits per heavy atom. The van der Waals surface area contributed by atoms with Crippen LogP contribution in [0.2, 0.25) is 0 Å². The highest BCUT2D eigenvalue weighted by Crippen LogP contribution is 2.35. The Hall–Kier alpha value is -1.53. The predicted octanol–water partition coefficient (Wildman–Crippen LogP) is 4.50. The molecule has 0 aliphatic carbocycles. The Morgan fingerprint density at radius 1 is 1.04 bits per heavy atom. The van der Waals surface area contributed by atoms with Crippen LogP contribution in [-0.2, 0) is 6.54 Å². The molecule has 2 rings (SSSR count). The molecule has 4 nitrogen and oxygen atoms in total. The van der Waals surface area contributed by atoms with Crippen LogP contribution in [0.1, 0.15) is 15.9 Å². The van der Waals surface area contributed by atoms with E-state index in [1.165, 1.54) is 0 Å². The van der Waals surface area contributed by atoms with Crippen LogP contribution in [0, 0.1) is 0 Å². The second kappa shape index (κ2) is 7.84.